The SMILES string of the molecule is Cc1ccc(NC(=O)c2ccc(-c3nn[nH]n3)cc2)c(Br)c1. The van der Waals surface area contributed by atoms with Crippen LogP contribution in [0.2, 0.25) is 0 Å². The van der Waals surface area contributed by atoms with Gasteiger partial charge in [-0.25, -0.2) is 0 Å². The fraction of sp³-hybridized carbons (Fsp3) is 0.0667. The lowest BCUT2D eigenvalue weighted by molar-refractivity contribution is 0.102. The minimum Gasteiger partial charge on any atom is -0.321 e. The van der Waals surface area contributed by atoms with Gasteiger partial charge in [0.1, 0.15) is 0 Å². The van der Waals surface area contributed by atoms with Gasteiger partial charge < -0.3 is 5.32 Å². The molecule has 22 heavy (non-hydrogen) atoms. The molecular weight excluding hydrogens is 346 g/mol. The average molecular weight is 358 g/mol. The van der Waals surface area contributed by atoms with E-state index in [9.17, 15) is 4.79 Å². The zero-order chi connectivity index (χ0) is 15.5. The zero-order valence-electron chi connectivity index (χ0n) is 11.7. The number of amides is 1. The van der Waals surface area contributed by atoms with Crippen molar-refractivity contribution in [2.75, 3.05) is 5.32 Å². The van der Waals surface area contributed by atoms with Gasteiger partial charge in [-0.05, 0) is 57.9 Å². The molecule has 1 heterocycles. The van der Waals surface area contributed by atoms with E-state index < -0.39 is 0 Å². The van der Waals surface area contributed by atoms with Gasteiger partial charge in [0.05, 0.1) is 5.69 Å². The van der Waals surface area contributed by atoms with Crippen LogP contribution in [-0.2, 0) is 0 Å². The third kappa shape index (κ3) is 3.04. The van der Waals surface area contributed by atoms with Crippen molar-refractivity contribution in [2.24, 2.45) is 0 Å². The third-order valence-electron chi connectivity index (χ3n) is 3.12. The van der Waals surface area contributed by atoms with Crippen molar-refractivity contribution in [3.63, 3.8) is 0 Å². The normalized spacial score (nSPS) is 10.5. The van der Waals surface area contributed by atoms with Crippen molar-refractivity contribution in [1.82, 2.24) is 20.6 Å². The summed E-state index contributed by atoms with van der Waals surface area (Å²) in [6, 6.07) is 12.8. The lowest BCUT2D eigenvalue weighted by Crippen LogP contribution is -2.12. The summed E-state index contributed by atoms with van der Waals surface area (Å²) in [5.41, 5.74) is 3.20. The molecule has 0 unspecified atom stereocenters. The highest BCUT2D eigenvalue weighted by molar-refractivity contribution is 9.10. The van der Waals surface area contributed by atoms with E-state index in [4.69, 9.17) is 0 Å². The molecule has 0 fully saturated rings. The Labute approximate surface area is 135 Å². The Morgan fingerprint density at radius 3 is 2.59 bits per heavy atom. The topological polar surface area (TPSA) is 83.6 Å². The number of rotatable bonds is 3. The van der Waals surface area contributed by atoms with Crippen LogP contribution >= 0.6 is 15.9 Å². The van der Waals surface area contributed by atoms with Crippen molar-refractivity contribution < 1.29 is 4.79 Å². The summed E-state index contributed by atoms with van der Waals surface area (Å²) < 4.78 is 0.851. The number of aromatic amines is 1. The predicted molar refractivity (Wildman–Crippen MR) is 86.4 cm³/mol. The molecule has 3 rings (SSSR count). The maximum Gasteiger partial charge on any atom is 0.255 e. The summed E-state index contributed by atoms with van der Waals surface area (Å²) in [7, 11) is 0. The Morgan fingerprint density at radius 1 is 1.18 bits per heavy atom. The number of tetrazole rings is 1. The average Bonchev–Trinajstić information content (AvgIpc) is 3.04. The van der Waals surface area contributed by atoms with Gasteiger partial charge in [-0.1, -0.05) is 18.2 Å². The quantitative estimate of drug-likeness (QED) is 0.753. The zero-order valence-corrected chi connectivity index (χ0v) is 13.3. The first-order valence-corrected chi connectivity index (χ1v) is 7.34. The molecule has 0 saturated carbocycles. The maximum absolute atomic E-state index is 12.3. The minimum absolute atomic E-state index is 0.177. The first kappa shape index (κ1) is 14.4. The summed E-state index contributed by atoms with van der Waals surface area (Å²) in [6.45, 7) is 1.99. The minimum atomic E-state index is -0.177. The molecule has 0 bridgehead atoms. The smallest absolute Gasteiger partial charge is 0.255 e. The highest BCUT2D eigenvalue weighted by Crippen LogP contribution is 2.24. The van der Waals surface area contributed by atoms with Crippen molar-refractivity contribution >= 4 is 27.5 Å². The number of H-pyrrole nitrogens is 1. The van der Waals surface area contributed by atoms with Gasteiger partial charge in [-0.3, -0.25) is 4.79 Å². The number of carbonyl (C=O) groups excluding carboxylic acids is 1. The lowest BCUT2D eigenvalue weighted by Gasteiger charge is -2.08. The van der Waals surface area contributed by atoms with Crippen LogP contribution in [-0.4, -0.2) is 26.5 Å². The second-order valence-electron chi connectivity index (χ2n) is 4.75. The van der Waals surface area contributed by atoms with E-state index in [0.29, 0.717) is 11.4 Å². The fourth-order valence-corrected chi connectivity index (χ4v) is 2.56. The summed E-state index contributed by atoms with van der Waals surface area (Å²) in [4.78, 5) is 12.3. The molecule has 1 amide bonds. The first-order chi connectivity index (χ1) is 10.6. The van der Waals surface area contributed by atoms with Gasteiger partial charge in [0.15, 0.2) is 0 Å². The van der Waals surface area contributed by atoms with Crippen LogP contribution in [0.25, 0.3) is 11.4 Å². The second kappa shape index (κ2) is 6.07. The van der Waals surface area contributed by atoms with Crippen molar-refractivity contribution in [1.29, 1.82) is 0 Å². The predicted octanol–water partition coefficient (Wildman–Crippen LogP) is 3.19. The molecule has 0 saturated heterocycles. The van der Waals surface area contributed by atoms with E-state index in [2.05, 4.69) is 41.9 Å². The van der Waals surface area contributed by atoms with E-state index in [1.807, 2.05) is 25.1 Å². The molecule has 2 aromatic carbocycles. The van der Waals surface area contributed by atoms with E-state index in [0.717, 1.165) is 21.3 Å². The number of aromatic nitrogens is 4. The number of carbonyl (C=O) groups is 1. The van der Waals surface area contributed by atoms with Crippen LogP contribution in [0, 0.1) is 6.92 Å². The summed E-state index contributed by atoms with van der Waals surface area (Å²) in [5.74, 6) is 0.317. The number of benzene rings is 2. The number of halogens is 1. The van der Waals surface area contributed by atoms with Crippen LogP contribution in [0.5, 0.6) is 0 Å². The summed E-state index contributed by atoms with van der Waals surface area (Å²) in [5, 5.41) is 16.6. The maximum atomic E-state index is 12.3. The van der Waals surface area contributed by atoms with Gasteiger partial charge in [0.2, 0.25) is 5.82 Å². The second-order valence-corrected chi connectivity index (χ2v) is 5.60. The molecule has 7 heteroatoms. The van der Waals surface area contributed by atoms with Crippen LogP contribution in [0.3, 0.4) is 0 Å². The van der Waals surface area contributed by atoms with Crippen molar-refractivity contribution in [2.45, 2.75) is 6.92 Å². The Morgan fingerprint density at radius 2 is 1.95 bits per heavy atom. The number of anilines is 1. The molecule has 3 aromatic rings. The van der Waals surface area contributed by atoms with E-state index >= 15 is 0 Å². The Balaban J connectivity index is 1.77. The van der Waals surface area contributed by atoms with Gasteiger partial charge in [0, 0.05) is 15.6 Å². The molecule has 110 valence electrons. The van der Waals surface area contributed by atoms with Gasteiger partial charge in [0.25, 0.3) is 5.91 Å². The van der Waals surface area contributed by atoms with E-state index in [1.165, 1.54) is 0 Å². The molecule has 0 aliphatic carbocycles. The highest BCUT2D eigenvalue weighted by Gasteiger charge is 2.09. The van der Waals surface area contributed by atoms with E-state index in [-0.39, 0.29) is 5.91 Å². The van der Waals surface area contributed by atoms with Crippen molar-refractivity contribution in [3.05, 3.63) is 58.1 Å². The molecule has 1 aromatic heterocycles. The molecular formula is C15H12BrN5O. The Kier molecular flexibility index (Phi) is 3.97. The first-order valence-electron chi connectivity index (χ1n) is 6.55. The molecule has 2 N–H and O–H groups in total. The summed E-state index contributed by atoms with van der Waals surface area (Å²) >= 11 is 3.44. The fourth-order valence-electron chi connectivity index (χ4n) is 1.97. The molecule has 0 spiro atoms. The van der Waals surface area contributed by atoms with Crippen LogP contribution in [0.1, 0.15) is 15.9 Å². The van der Waals surface area contributed by atoms with E-state index in [1.54, 1.807) is 24.3 Å². The standard InChI is InChI=1S/C15H12BrN5O/c1-9-2-7-13(12(16)8-9)17-15(22)11-5-3-10(4-6-11)14-18-20-21-19-14/h2-8H,1H3,(H,17,22)(H,18,19,20,21). The monoisotopic (exact) mass is 357 g/mol. The number of hydrogen-bond donors (Lipinski definition) is 2. The Hall–Kier alpha value is -2.54. The van der Waals surface area contributed by atoms with Gasteiger partial charge in [-0.2, -0.15) is 5.21 Å². The van der Waals surface area contributed by atoms with Gasteiger partial charge >= 0.3 is 0 Å². The van der Waals surface area contributed by atoms with Crippen LogP contribution in [0.4, 0.5) is 5.69 Å². The molecule has 0 atom stereocenters. The van der Waals surface area contributed by atoms with Crippen LogP contribution < -0.4 is 5.32 Å². The largest absolute Gasteiger partial charge is 0.321 e. The molecule has 0 aliphatic rings. The number of nitrogens with one attached hydrogen (secondary N) is 2. The number of aryl methyl sites for hydroxylation is 1. The molecule has 0 radical (unpaired) electrons. The third-order valence-corrected chi connectivity index (χ3v) is 3.78. The Bertz CT molecular complexity index is 799. The number of nitrogens with zero attached hydrogens (tertiary/aromatic N) is 3. The lowest BCUT2D eigenvalue weighted by atomic mass is 10.1. The molecule has 0 aliphatic heterocycles. The summed E-state index contributed by atoms with van der Waals surface area (Å²) in [6.07, 6.45) is 0. The molecule has 6 nitrogen and oxygen atoms in total. The number of hydrogen-bond acceptors (Lipinski definition) is 4. The van der Waals surface area contributed by atoms with Crippen LogP contribution in [0.15, 0.2) is 46.9 Å². The van der Waals surface area contributed by atoms with Crippen molar-refractivity contribution in [3.8, 4) is 11.4 Å². The van der Waals surface area contributed by atoms with Gasteiger partial charge in [-0.15, -0.1) is 10.2 Å². The highest BCUT2D eigenvalue weighted by atomic mass is 79.9.